The summed E-state index contributed by atoms with van der Waals surface area (Å²) in [7, 11) is 0. The summed E-state index contributed by atoms with van der Waals surface area (Å²) in [5.74, 6) is 0.713. The Morgan fingerprint density at radius 2 is 2.10 bits per heavy atom. The largest absolute Gasteiger partial charge is 0.482 e. The summed E-state index contributed by atoms with van der Waals surface area (Å²) >= 11 is 8.12. The molecule has 2 rings (SSSR count). The Kier molecular flexibility index (Phi) is 5.19. The van der Waals surface area contributed by atoms with Crippen LogP contribution in [-0.2, 0) is 4.79 Å². The highest BCUT2D eigenvalue weighted by molar-refractivity contribution is 14.1. The molecule has 0 aliphatic rings. The lowest BCUT2D eigenvalue weighted by Crippen LogP contribution is -2.21. The number of rotatable bonds is 4. The van der Waals surface area contributed by atoms with Gasteiger partial charge in [0.05, 0.1) is 10.7 Å². The summed E-state index contributed by atoms with van der Waals surface area (Å²) in [4.78, 5) is 16.0. The molecule has 0 aliphatic carbocycles. The van der Waals surface area contributed by atoms with Crippen LogP contribution in [0.25, 0.3) is 0 Å². The molecule has 104 valence electrons. The maximum atomic E-state index is 11.8. The van der Waals surface area contributed by atoms with E-state index < -0.39 is 0 Å². The van der Waals surface area contributed by atoms with Crippen LogP contribution in [0.3, 0.4) is 0 Å². The molecule has 0 bridgehead atoms. The quantitative estimate of drug-likeness (QED) is 0.794. The highest BCUT2D eigenvalue weighted by atomic mass is 127. The standard InChI is InChI=1S/C14H12ClIN2O2/c1-9-11(16)6-7-13(17-9)18-14(19)8-20-12-5-3-2-4-10(12)15/h2-7H,8H2,1H3,(H,17,18,19). The number of benzene rings is 1. The summed E-state index contributed by atoms with van der Waals surface area (Å²) in [5.41, 5.74) is 0.871. The molecule has 0 spiro atoms. The number of nitrogens with one attached hydrogen (secondary N) is 1. The Morgan fingerprint density at radius 3 is 2.80 bits per heavy atom. The van der Waals surface area contributed by atoms with E-state index in [0.717, 1.165) is 9.26 Å². The van der Waals surface area contributed by atoms with Crippen molar-refractivity contribution in [3.63, 3.8) is 0 Å². The zero-order valence-corrected chi connectivity index (χ0v) is 13.6. The van der Waals surface area contributed by atoms with E-state index in [1.807, 2.05) is 13.0 Å². The van der Waals surface area contributed by atoms with Gasteiger partial charge in [-0.1, -0.05) is 23.7 Å². The van der Waals surface area contributed by atoms with Crippen LogP contribution in [0, 0.1) is 10.5 Å². The molecular weight excluding hydrogens is 391 g/mol. The van der Waals surface area contributed by atoms with Gasteiger partial charge in [-0.2, -0.15) is 0 Å². The molecule has 1 N–H and O–H groups in total. The summed E-state index contributed by atoms with van der Waals surface area (Å²) < 4.78 is 6.40. The van der Waals surface area contributed by atoms with Crippen LogP contribution >= 0.6 is 34.2 Å². The third-order valence-electron chi connectivity index (χ3n) is 2.48. The zero-order chi connectivity index (χ0) is 14.5. The number of para-hydroxylation sites is 1. The van der Waals surface area contributed by atoms with E-state index in [-0.39, 0.29) is 12.5 Å². The molecule has 1 aromatic carbocycles. The molecule has 0 radical (unpaired) electrons. The molecule has 0 fully saturated rings. The first-order chi connectivity index (χ1) is 9.56. The Morgan fingerprint density at radius 1 is 1.35 bits per heavy atom. The highest BCUT2D eigenvalue weighted by Crippen LogP contribution is 2.22. The van der Waals surface area contributed by atoms with Gasteiger partial charge in [-0.15, -0.1) is 0 Å². The lowest BCUT2D eigenvalue weighted by molar-refractivity contribution is -0.118. The normalized spacial score (nSPS) is 10.2. The number of hydrogen-bond donors (Lipinski definition) is 1. The second-order valence-electron chi connectivity index (χ2n) is 4.03. The fourth-order valence-electron chi connectivity index (χ4n) is 1.50. The first kappa shape index (κ1) is 15.1. The molecule has 0 atom stereocenters. The second-order valence-corrected chi connectivity index (χ2v) is 5.60. The zero-order valence-electron chi connectivity index (χ0n) is 10.7. The predicted octanol–water partition coefficient (Wildman–Crippen LogP) is 3.67. The Bertz CT molecular complexity index is 634. The number of aromatic nitrogens is 1. The van der Waals surface area contributed by atoms with Crippen LogP contribution in [0.1, 0.15) is 5.69 Å². The topological polar surface area (TPSA) is 51.2 Å². The molecule has 0 saturated carbocycles. The number of ether oxygens (including phenoxy) is 1. The van der Waals surface area contributed by atoms with Crippen molar-refractivity contribution in [2.75, 3.05) is 11.9 Å². The lowest BCUT2D eigenvalue weighted by atomic mass is 10.3. The molecule has 1 heterocycles. The van der Waals surface area contributed by atoms with Gasteiger partial charge in [0.25, 0.3) is 5.91 Å². The van der Waals surface area contributed by atoms with Gasteiger partial charge < -0.3 is 10.1 Å². The Balaban J connectivity index is 1.93. The van der Waals surface area contributed by atoms with E-state index in [0.29, 0.717) is 16.6 Å². The van der Waals surface area contributed by atoms with Crippen LogP contribution in [-0.4, -0.2) is 17.5 Å². The van der Waals surface area contributed by atoms with Crippen molar-refractivity contribution in [1.29, 1.82) is 0 Å². The Hall–Kier alpha value is -1.34. The fraction of sp³-hybridized carbons (Fsp3) is 0.143. The number of pyridine rings is 1. The van der Waals surface area contributed by atoms with Gasteiger partial charge in [0.2, 0.25) is 0 Å². The van der Waals surface area contributed by atoms with Crippen molar-refractivity contribution >= 4 is 45.9 Å². The molecule has 2 aromatic rings. The highest BCUT2D eigenvalue weighted by Gasteiger charge is 2.07. The number of carbonyl (C=O) groups excluding carboxylic acids is 1. The van der Waals surface area contributed by atoms with E-state index >= 15 is 0 Å². The van der Waals surface area contributed by atoms with Crippen molar-refractivity contribution in [1.82, 2.24) is 4.98 Å². The third kappa shape index (κ3) is 4.08. The molecule has 6 heteroatoms. The predicted molar refractivity (Wildman–Crippen MR) is 87.3 cm³/mol. The van der Waals surface area contributed by atoms with E-state index in [1.165, 1.54) is 0 Å². The average Bonchev–Trinajstić information content (AvgIpc) is 2.42. The number of anilines is 1. The maximum absolute atomic E-state index is 11.8. The van der Waals surface area contributed by atoms with Gasteiger partial charge >= 0.3 is 0 Å². The lowest BCUT2D eigenvalue weighted by Gasteiger charge is -2.08. The van der Waals surface area contributed by atoms with Crippen molar-refractivity contribution in [2.45, 2.75) is 6.92 Å². The van der Waals surface area contributed by atoms with Crippen LogP contribution in [0.15, 0.2) is 36.4 Å². The third-order valence-corrected chi connectivity index (χ3v) is 3.94. The van der Waals surface area contributed by atoms with Crippen LogP contribution in [0.2, 0.25) is 5.02 Å². The monoisotopic (exact) mass is 402 g/mol. The van der Waals surface area contributed by atoms with Crippen LogP contribution in [0.4, 0.5) is 5.82 Å². The smallest absolute Gasteiger partial charge is 0.263 e. The van der Waals surface area contributed by atoms with Crippen molar-refractivity contribution in [3.8, 4) is 5.75 Å². The number of amides is 1. The van der Waals surface area contributed by atoms with E-state index in [1.54, 1.807) is 30.3 Å². The van der Waals surface area contributed by atoms with Gasteiger partial charge in [0, 0.05) is 3.57 Å². The number of aryl methyl sites for hydroxylation is 1. The molecule has 1 amide bonds. The van der Waals surface area contributed by atoms with Gasteiger partial charge in [0.1, 0.15) is 11.6 Å². The average molecular weight is 403 g/mol. The van der Waals surface area contributed by atoms with Crippen LogP contribution in [0.5, 0.6) is 5.75 Å². The van der Waals surface area contributed by atoms with Crippen molar-refractivity contribution in [2.24, 2.45) is 0 Å². The second kappa shape index (κ2) is 6.90. The fourth-order valence-corrected chi connectivity index (χ4v) is 1.99. The first-order valence-corrected chi connectivity index (χ1v) is 7.32. The summed E-state index contributed by atoms with van der Waals surface area (Å²) in [6.45, 7) is 1.77. The van der Waals surface area contributed by atoms with Crippen molar-refractivity contribution < 1.29 is 9.53 Å². The number of hydrogen-bond acceptors (Lipinski definition) is 3. The number of nitrogens with zero attached hydrogens (tertiary/aromatic N) is 1. The minimum Gasteiger partial charge on any atom is -0.482 e. The van der Waals surface area contributed by atoms with Gasteiger partial charge in [-0.05, 0) is 53.8 Å². The van der Waals surface area contributed by atoms with Gasteiger partial charge in [-0.25, -0.2) is 4.98 Å². The minimum absolute atomic E-state index is 0.115. The molecule has 20 heavy (non-hydrogen) atoms. The molecule has 0 saturated heterocycles. The molecular formula is C14H12ClIN2O2. The van der Waals surface area contributed by atoms with E-state index in [9.17, 15) is 4.79 Å². The van der Waals surface area contributed by atoms with Gasteiger partial charge in [0.15, 0.2) is 6.61 Å². The minimum atomic E-state index is -0.280. The van der Waals surface area contributed by atoms with Crippen molar-refractivity contribution in [3.05, 3.63) is 50.7 Å². The summed E-state index contributed by atoms with van der Waals surface area (Å²) in [5, 5.41) is 3.15. The first-order valence-electron chi connectivity index (χ1n) is 5.86. The molecule has 1 aromatic heterocycles. The summed E-state index contributed by atoms with van der Waals surface area (Å²) in [6, 6.07) is 10.7. The number of carbonyl (C=O) groups is 1. The summed E-state index contributed by atoms with van der Waals surface area (Å²) in [6.07, 6.45) is 0. The Labute approximate surface area is 135 Å². The number of halogens is 2. The van der Waals surface area contributed by atoms with E-state index in [2.05, 4.69) is 32.9 Å². The SMILES string of the molecule is Cc1nc(NC(=O)COc2ccccc2Cl)ccc1I. The van der Waals surface area contributed by atoms with Crippen LogP contribution < -0.4 is 10.1 Å². The molecule has 0 aliphatic heterocycles. The molecule has 4 nitrogen and oxygen atoms in total. The van der Waals surface area contributed by atoms with Gasteiger partial charge in [-0.3, -0.25) is 4.79 Å². The maximum Gasteiger partial charge on any atom is 0.263 e. The van der Waals surface area contributed by atoms with E-state index in [4.69, 9.17) is 16.3 Å². The molecule has 0 unspecified atom stereocenters.